The largest absolute Gasteiger partial charge is 0.356 e. The summed E-state index contributed by atoms with van der Waals surface area (Å²) in [7, 11) is 0. The van der Waals surface area contributed by atoms with Gasteiger partial charge in [0.05, 0.1) is 5.92 Å². The Hall–Kier alpha value is -2.09. The Morgan fingerprint density at radius 3 is 1.75 bits per heavy atom. The third-order valence-corrected chi connectivity index (χ3v) is 4.04. The molecular formula is C18H19NO. The molecule has 1 aliphatic carbocycles. The molecule has 2 aromatic rings. The van der Waals surface area contributed by atoms with Crippen LogP contribution in [0, 0.1) is 5.92 Å². The first-order valence-electron chi connectivity index (χ1n) is 7.20. The molecule has 2 aromatic carbocycles. The van der Waals surface area contributed by atoms with Gasteiger partial charge in [0.15, 0.2) is 0 Å². The third-order valence-electron chi connectivity index (χ3n) is 4.04. The van der Waals surface area contributed by atoms with E-state index < -0.39 is 0 Å². The van der Waals surface area contributed by atoms with Crippen molar-refractivity contribution in [1.29, 1.82) is 0 Å². The van der Waals surface area contributed by atoms with Crippen molar-refractivity contribution in [1.82, 2.24) is 5.32 Å². The summed E-state index contributed by atoms with van der Waals surface area (Å²) in [5.74, 6) is 0.866. The normalized spacial score (nSPS) is 24.1. The minimum absolute atomic E-state index is 0.0692. The highest BCUT2D eigenvalue weighted by molar-refractivity contribution is 5.85. The number of hydrogen-bond acceptors (Lipinski definition) is 1. The van der Waals surface area contributed by atoms with Crippen LogP contribution in [0.25, 0.3) is 0 Å². The summed E-state index contributed by atoms with van der Waals surface area (Å²) < 4.78 is 0. The van der Waals surface area contributed by atoms with Gasteiger partial charge in [-0.1, -0.05) is 60.7 Å². The molecule has 2 atom stereocenters. The van der Waals surface area contributed by atoms with Crippen LogP contribution in [0.3, 0.4) is 0 Å². The zero-order valence-corrected chi connectivity index (χ0v) is 11.6. The van der Waals surface area contributed by atoms with E-state index in [4.69, 9.17) is 0 Å². The predicted octanol–water partition coefficient (Wildman–Crippen LogP) is 3.32. The second kappa shape index (κ2) is 5.49. The SMILES string of the molecule is CCNC(=O)C1C(c2ccccc2)C1c1ccccc1. The number of nitrogens with one attached hydrogen (secondary N) is 1. The molecule has 0 saturated heterocycles. The van der Waals surface area contributed by atoms with Gasteiger partial charge in [-0.15, -0.1) is 0 Å². The van der Waals surface area contributed by atoms with Crippen LogP contribution in [0.5, 0.6) is 0 Å². The van der Waals surface area contributed by atoms with Gasteiger partial charge in [0.25, 0.3) is 0 Å². The predicted molar refractivity (Wildman–Crippen MR) is 80.5 cm³/mol. The minimum atomic E-state index is 0.0692. The van der Waals surface area contributed by atoms with Crippen LogP contribution >= 0.6 is 0 Å². The van der Waals surface area contributed by atoms with Crippen LogP contribution in [0.15, 0.2) is 60.7 Å². The summed E-state index contributed by atoms with van der Waals surface area (Å²) in [5.41, 5.74) is 2.52. The van der Waals surface area contributed by atoms with Gasteiger partial charge in [-0.25, -0.2) is 0 Å². The molecule has 0 bridgehead atoms. The molecule has 1 amide bonds. The number of benzene rings is 2. The first-order valence-corrected chi connectivity index (χ1v) is 7.20. The van der Waals surface area contributed by atoms with E-state index in [1.807, 2.05) is 43.3 Å². The zero-order valence-electron chi connectivity index (χ0n) is 11.6. The molecule has 2 unspecified atom stereocenters. The summed E-state index contributed by atoms with van der Waals surface area (Å²) in [5, 5.41) is 2.97. The summed E-state index contributed by atoms with van der Waals surface area (Å²) >= 11 is 0. The number of rotatable bonds is 4. The highest BCUT2D eigenvalue weighted by atomic mass is 16.2. The van der Waals surface area contributed by atoms with Crippen molar-refractivity contribution in [2.24, 2.45) is 5.92 Å². The summed E-state index contributed by atoms with van der Waals surface area (Å²) in [6.07, 6.45) is 0. The van der Waals surface area contributed by atoms with Crippen LogP contribution in [-0.2, 0) is 4.79 Å². The molecule has 0 radical (unpaired) electrons. The average molecular weight is 265 g/mol. The second-order valence-electron chi connectivity index (χ2n) is 5.29. The standard InChI is InChI=1S/C18H19NO/c1-2-19-18(20)17-15(13-9-5-3-6-10-13)16(17)14-11-7-4-8-12-14/h3-12,15-17H,2H2,1H3,(H,19,20). The molecule has 3 rings (SSSR count). The fraction of sp³-hybridized carbons (Fsp3) is 0.278. The Kier molecular flexibility index (Phi) is 3.55. The van der Waals surface area contributed by atoms with Crippen molar-refractivity contribution >= 4 is 5.91 Å². The summed E-state index contributed by atoms with van der Waals surface area (Å²) in [6, 6.07) is 20.7. The van der Waals surface area contributed by atoms with Gasteiger partial charge in [-0.2, -0.15) is 0 Å². The molecule has 0 spiro atoms. The first kappa shape index (κ1) is 12.9. The lowest BCUT2D eigenvalue weighted by Gasteiger charge is -2.01. The molecule has 0 aliphatic heterocycles. The smallest absolute Gasteiger partial charge is 0.224 e. The van der Waals surface area contributed by atoms with Gasteiger partial charge in [0.2, 0.25) is 5.91 Å². The van der Waals surface area contributed by atoms with E-state index in [2.05, 4.69) is 29.6 Å². The Morgan fingerprint density at radius 1 is 0.900 bits per heavy atom. The molecule has 2 heteroatoms. The quantitative estimate of drug-likeness (QED) is 0.902. The van der Waals surface area contributed by atoms with E-state index in [0.29, 0.717) is 18.4 Å². The summed E-state index contributed by atoms with van der Waals surface area (Å²) in [6.45, 7) is 2.66. The lowest BCUT2D eigenvalue weighted by atomic mass is 10.0. The maximum atomic E-state index is 12.3. The average Bonchev–Trinajstić information content (AvgIpc) is 3.25. The topological polar surface area (TPSA) is 29.1 Å². The molecule has 1 saturated carbocycles. The lowest BCUT2D eigenvalue weighted by molar-refractivity contribution is -0.122. The van der Waals surface area contributed by atoms with Gasteiger partial charge in [-0.3, -0.25) is 4.79 Å². The van der Waals surface area contributed by atoms with E-state index in [-0.39, 0.29) is 11.8 Å². The highest BCUT2D eigenvalue weighted by Gasteiger charge is 2.55. The lowest BCUT2D eigenvalue weighted by Crippen LogP contribution is -2.25. The van der Waals surface area contributed by atoms with E-state index in [1.165, 1.54) is 11.1 Å². The molecule has 0 aromatic heterocycles. The van der Waals surface area contributed by atoms with Crippen molar-refractivity contribution in [3.63, 3.8) is 0 Å². The number of hydrogen-bond donors (Lipinski definition) is 1. The van der Waals surface area contributed by atoms with Crippen molar-refractivity contribution in [2.75, 3.05) is 6.54 Å². The molecule has 102 valence electrons. The number of carbonyl (C=O) groups excluding carboxylic acids is 1. The Labute approximate surface area is 119 Å². The second-order valence-corrected chi connectivity index (χ2v) is 5.29. The zero-order chi connectivity index (χ0) is 13.9. The van der Waals surface area contributed by atoms with Gasteiger partial charge < -0.3 is 5.32 Å². The molecule has 0 heterocycles. The van der Waals surface area contributed by atoms with Crippen molar-refractivity contribution in [3.05, 3.63) is 71.8 Å². The summed E-state index contributed by atoms with van der Waals surface area (Å²) in [4.78, 5) is 12.3. The molecule has 20 heavy (non-hydrogen) atoms. The van der Waals surface area contributed by atoms with E-state index in [0.717, 1.165) is 0 Å². The fourth-order valence-electron chi connectivity index (χ4n) is 3.11. The molecular weight excluding hydrogens is 246 g/mol. The number of carbonyl (C=O) groups is 1. The van der Waals surface area contributed by atoms with Gasteiger partial charge >= 0.3 is 0 Å². The molecule has 1 aliphatic rings. The van der Waals surface area contributed by atoms with Crippen LogP contribution in [0.4, 0.5) is 0 Å². The Balaban J connectivity index is 1.89. The molecule has 1 fully saturated rings. The van der Waals surface area contributed by atoms with Crippen LogP contribution in [0.1, 0.15) is 29.9 Å². The number of amides is 1. The Bertz CT molecular complexity index is 533. The monoisotopic (exact) mass is 265 g/mol. The van der Waals surface area contributed by atoms with Crippen LogP contribution in [-0.4, -0.2) is 12.5 Å². The van der Waals surface area contributed by atoms with E-state index >= 15 is 0 Å². The van der Waals surface area contributed by atoms with Crippen LogP contribution in [0.2, 0.25) is 0 Å². The van der Waals surface area contributed by atoms with E-state index in [1.54, 1.807) is 0 Å². The molecule has 1 N–H and O–H groups in total. The van der Waals surface area contributed by atoms with Crippen molar-refractivity contribution in [2.45, 2.75) is 18.8 Å². The van der Waals surface area contributed by atoms with Gasteiger partial charge in [0.1, 0.15) is 0 Å². The maximum absolute atomic E-state index is 12.3. The van der Waals surface area contributed by atoms with Gasteiger partial charge in [-0.05, 0) is 18.1 Å². The first-order chi connectivity index (χ1) is 9.83. The van der Waals surface area contributed by atoms with E-state index in [9.17, 15) is 4.79 Å². The maximum Gasteiger partial charge on any atom is 0.224 e. The fourth-order valence-corrected chi connectivity index (χ4v) is 3.11. The molecule has 2 nitrogen and oxygen atoms in total. The minimum Gasteiger partial charge on any atom is -0.356 e. The van der Waals surface area contributed by atoms with Crippen molar-refractivity contribution in [3.8, 4) is 0 Å². The van der Waals surface area contributed by atoms with Crippen LogP contribution < -0.4 is 5.32 Å². The van der Waals surface area contributed by atoms with Gasteiger partial charge in [0, 0.05) is 18.4 Å². The highest BCUT2D eigenvalue weighted by Crippen LogP contribution is 2.60. The Morgan fingerprint density at radius 2 is 1.35 bits per heavy atom. The van der Waals surface area contributed by atoms with Crippen molar-refractivity contribution < 1.29 is 4.79 Å². The third kappa shape index (κ3) is 2.34.